The van der Waals surface area contributed by atoms with Crippen molar-refractivity contribution in [2.45, 2.75) is 52.7 Å². The normalized spacial score (nSPS) is 14.1. The Kier molecular flexibility index (Phi) is 5.79. The van der Waals surface area contributed by atoms with Crippen LogP contribution >= 0.6 is 0 Å². The Balaban J connectivity index is 3.79. The Hall–Kier alpha value is -0.650. The summed E-state index contributed by atoms with van der Waals surface area (Å²) in [4.78, 5) is 20.2. The lowest BCUT2D eigenvalue weighted by Gasteiger charge is -2.23. The first-order chi connectivity index (χ1) is 6.74. The van der Waals surface area contributed by atoms with Crippen LogP contribution in [0.25, 0.3) is 0 Å². The van der Waals surface area contributed by atoms with Crippen LogP contribution in [0.1, 0.15) is 41.0 Å². The van der Waals surface area contributed by atoms with E-state index in [0.29, 0.717) is 6.42 Å². The molecule has 0 spiro atoms. The van der Waals surface area contributed by atoms with E-state index in [1.54, 1.807) is 34.6 Å². The largest absolute Gasteiger partial charge is 0.393 e. The molecule has 0 saturated heterocycles. The van der Waals surface area contributed by atoms with Gasteiger partial charge in [-0.25, -0.2) is 4.79 Å². The van der Waals surface area contributed by atoms with Gasteiger partial charge in [-0.15, -0.1) is 0 Å². The van der Waals surface area contributed by atoms with Gasteiger partial charge in [0.2, 0.25) is 0 Å². The third-order valence-corrected chi connectivity index (χ3v) is 1.63. The van der Waals surface area contributed by atoms with Crippen molar-refractivity contribution in [2.24, 2.45) is 5.92 Å². The highest BCUT2D eigenvalue weighted by Crippen LogP contribution is 2.17. The van der Waals surface area contributed by atoms with Crippen molar-refractivity contribution in [1.82, 2.24) is 0 Å². The third kappa shape index (κ3) is 7.30. The molecular weight excluding hydrogens is 200 g/mol. The quantitative estimate of drug-likeness (QED) is 0.544. The average molecular weight is 220 g/mol. The summed E-state index contributed by atoms with van der Waals surface area (Å²) in [5.41, 5.74) is -0.703. The van der Waals surface area contributed by atoms with Gasteiger partial charge in [0, 0.05) is 6.42 Å². The van der Waals surface area contributed by atoms with Gasteiger partial charge in [0.05, 0.1) is 12.0 Å². The van der Waals surface area contributed by atoms with Crippen molar-refractivity contribution in [3.63, 3.8) is 0 Å². The number of aliphatic hydroxyl groups excluding tert-OH is 1. The van der Waals surface area contributed by atoms with Crippen molar-refractivity contribution in [2.75, 3.05) is 0 Å². The van der Waals surface area contributed by atoms with Gasteiger partial charge in [0.1, 0.15) is 5.60 Å². The maximum absolute atomic E-state index is 11.0. The SMILES string of the molecule is CC(O)CC(C)(C)OOOC(=O)C(C)C. The van der Waals surface area contributed by atoms with Crippen molar-refractivity contribution in [3.05, 3.63) is 0 Å². The lowest BCUT2D eigenvalue weighted by molar-refractivity contribution is -0.518. The Morgan fingerprint density at radius 2 is 1.87 bits per heavy atom. The molecule has 0 aromatic heterocycles. The molecule has 0 radical (unpaired) electrons. The summed E-state index contributed by atoms with van der Waals surface area (Å²) in [7, 11) is 0. The minimum Gasteiger partial charge on any atom is -0.393 e. The standard InChI is InChI=1S/C10H20O5/c1-7(2)9(12)13-15-14-10(4,5)6-8(3)11/h7-8,11H,6H2,1-5H3. The van der Waals surface area contributed by atoms with Crippen LogP contribution in [0.15, 0.2) is 0 Å². The first-order valence-electron chi connectivity index (χ1n) is 4.99. The first kappa shape index (κ1) is 14.3. The molecule has 0 aliphatic heterocycles. The Bertz CT molecular complexity index is 198. The molecule has 0 aliphatic rings. The predicted octanol–water partition coefficient (Wildman–Crippen LogP) is 1.60. The molecule has 90 valence electrons. The number of hydrogen-bond donors (Lipinski definition) is 1. The fourth-order valence-corrected chi connectivity index (χ4v) is 0.984. The molecule has 0 aromatic rings. The number of aliphatic hydroxyl groups is 1. The fourth-order valence-electron chi connectivity index (χ4n) is 0.984. The summed E-state index contributed by atoms with van der Waals surface area (Å²) in [6.45, 7) is 8.47. The molecule has 0 saturated carbocycles. The van der Waals surface area contributed by atoms with Gasteiger partial charge < -0.3 is 5.11 Å². The molecule has 0 amide bonds. The second kappa shape index (κ2) is 6.05. The Morgan fingerprint density at radius 1 is 1.33 bits per heavy atom. The number of carbonyl (C=O) groups is 1. The van der Waals surface area contributed by atoms with Gasteiger partial charge in [-0.2, -0.15) is 4.89 Å². The van der Waals surface area contributed by atoms with E-state index in [4.69, 9.17) is 9.99 Å². The zero-order chi connectivity index (χ0) is 12.1. The molecule has 15 heavy (non-hydrogen) atoms. The van der Waals surface area contributed by atoms with Crippen LogP contribution in [-0.2, 0) is 19.6 Å². The van der Waals surface area contributed by atoms with E-state index in [2.05, 4.69) is 9.93 Å². The summed E-state index contributed by atoms with van der Waals surface area (Å²) in [5.74, 6) is -0.767. The summed E-state index contributed by atoms with van der Waals surface area (Å²) in [6, 6.07) is 0. The minimum absolute atomic E-state index is 0.270. The van der Waals surface area contributed by atoms with Crippen molar-refractivity contribution in [1.29, 1.82) is 0 Å². The van der Waals surface area contributed by atoms with Crippen LogP contribution in [0.5, 0.6) is 0 Å². The summed E-state index contributed by atoms with van der Waals surface area (Å²) in [6.07, 6.45) is -0.129. The minimum atomic E-state index is -0.703. The van der Waals surface area contributed by atoms with E-state index in [1.165, 1.54) is 0 Å². The molecule has 0 aromatic carbocycles. The van der Waals surface area contributed by atoms with Gasteiger partial charge >= 0.3 is 5.97 Å². The number of carbonyl (C=O) groups excluding carboxylic acids is 1. The van der Waals surface area contributed by atoms with Crippen LogP contribution < -0.4 is 0 Å². The number of hydrogen-bond acceptors (Lipinski definition) is 5. The van der Waals surface area contributed by atoms with Gasteiger partial charge in [0.25, 0.3) is 0 Å². The Labute approximate surface area is 90.2 Å². The second-order valence-corrected chi connectivity index (χ2v) is 4.52. The molecular formula is C10H20O5. The fraction of sp³-hybridized carbons (Fsp3) is 0.900. The molecule has 0 fully saturated rings. The molecule has 0 bridgehead atoms. The molecule has 1 N–H and O–H groups in total. The van der Waals surface area contributed by atoms with Crippen LogP contribution in [0, 0.1) is 5.92 Å². The summed E-state index contributed by atoms with van der Waals surface area (Å²) in [5, 5.41) is 13.5. The van der Waals surface area contributed by atoms with Crippen molar-refractivity contribution < 1.29 is 24.7 Å². The summed E-state index contributed by atoms with van der Waals surface area (Å²) >= 11 is 0. The molecule has 1 atom stereocenters. The van der Waals surface area contributed by atoms with Gasteiger partial charge in [-0.1, -0.05) is 13.8 Å². The van der Waals surface area contributed by atoms with E-state index in [0.717, 1.165) is 0 Å². The van der Waals surface area contributed by atoms with Gasteiger partial charge in [-0.05, 0) is 25.8 Å². The maximum atomic E-state index is 11.0. The molecule has 0 heterocycles. The topological polar surface area (TPSA) is 65.0 Å². The third-order valence-electron chi connectivity index (χ3n) is 1.63. The highest BCUT2D eigenvalue weighted by atomic mass is 17.5. The maximum Gasteiger partial charge on any atom is 0.348 e. The lowest BCUT2D eigenvalue weighted by Crippen LogP contribution is -2.30. The molecule has 0 aliphatic carbocycles. The molecule has 0 rings (SSSR count). The van der Waals surface area contributed by atoms with E-state index in [1.807, 2.05) is 0 Å². The van der Waals surface area contributed by atoms with E-state index < -0.39 is 17.7 Å². The first-order valence-corrected chi connectivity index (χ1v) is 4.99. The lowest BCUT2D eigenvalue weighted by atomic mass is 10.0. The monoisotopic (exact) mass is 220 g/mol. The zero-order valence-corrected chi connectivity index (χ0v) is 9.94. The van der Waals surface area contributed by atoms with Crippen molar-refractivity contribution in [3.8, 4) is 0 Å². The summed E-state index contributed by atoms with van der Waals surface area (Å²) < 4.78 is 0. The van der Waals surface area contributed by atoms with Crippen LogP contribution in [0.3, 0.4) is 0 Å². The number of rotatable bonds is 6. The molecule has 1 unspecified atom stereocenters. The smallest absolute Gasteiger partial charge is 0.348 e. The van der Waals surface area contributed by atoms with Crippen LogP contribution in [-0.4, -0.2) is 22.8 Å². The van der Waals surface area contributed by atoms with Gasteiger partial charge in [0.15, 0.2) is 0 Å². The highest BCUT2D eigenvalue weighted by molar-refractivity contribution is 5.70. The zero-order valence-electron chi connectivity index (χ0n) is 9.94. The highest BCUT2D eigenvalue weighted by Gasteiger charge is 2.24. The predicted molar refractivity (Wildman–Crippen MR) is 53.5 cm³/mol. The Morgan fingerprint density at radius 3 is 2.27 bits per heavy atom. The van der Waals surface area contributed by atoms with E-state index >= 15 is 0 Å². The van der Waals surface area contributed by atoms with Crippen LogP contribution in [0.4, 0.5) is 0 Å². The van der Waals surface area contributed by atoms with Gasteiger partial charge in [-0.3, -0.25) is 4.89 Å². The van der Waals surface area contributed by atoms with E-state index in [9.17, 15) is 4.79 Å². The molecule has 5 nitrogen and oxygen atoms in total. The molecule has 5 heteroatoms. The van der Waals surface area contributed by atoms with Crippen LogP contribution in [0.2, 0.25) is 0 Å². The average Bonchev–Trinajstić information content (AvgIpc) is 2.00. The van der Waals surface area contributed by atoms with Crippen molar-refractivity contribution >= 4 is 5.97 Å². The second-order valence-electron chi connectivity index (χ2n) is 4.52. The van der Waals surface area contributed by atoms with E-state index in [-0.39, 0.29) is 5.92 Å².